The Morgan fingerprint density at radius 2 is 1.63 bits per heavy atom. The topological polar surface area (TPSA) is 61.4 Å². The molecule has 0 saturated carbocycles. The highest BCUT2D eigenvalue weighted by atomic mass is 16.2. The Balaban J connectivity index is 1.47. The number of aryl methyl sites for hydroxylation is 1. The summed E-state index contributed by atoms with van der Waals surface area (Å²) in [5, 5.41) is 5.71. The van der Waals surface area contributed by atoms with Crippen molar-refractivity contribution in [1.29, 1.82) is 0 Å². The average Bonchev–Trinajstić information content (AvgIpc) is 2.63. The van der Waals surface area contributed by atoms with Crippen molar-refractivity contribution < 1.29 is 9.59 Å². The minimum absolute atomic E-state index is 0.0498. The standard InChI is InChI=1S/C22H27N3O2/c1-16-4-3-5-18(14-16)15-25-12-10-19(11-13-25)22(27)24-21-8-6-20(7-9-21)23-17(2)26/h3-9,14,19H,10-13,15H2,1-2H3,(H,23,26)(H,24,27). The van der Waals surface area contributed by atoms with Gasteiger partial charge in [0.25, 0.3) is 0 Å². The summed E-state index contributed by atoms with van der Waals surface area (Å²) in [5.41, 5.74) is 4.10. The number of anilines is 2. The van der Waals surface area contributed by atoms with Crippen LogP contribution in [0.15, 0.2) is 48.5 Å². The average molecular weight is 365 g/mol. The molecule has 2 N–H and O–H groups in total. The van der Waals surface area contributed by atoms with Crippen molar-refractivity contribution in [2.45, 2.75) is 33.2 Å². The lowest BCUT2D eigenvalue weighted by atomic mass is 9.95. The van der Waals surface area contributed by atoms with Crippen LogP contribution in [0, 0.1) is 12.8 Å². The van der Waals surface area contributed by atoms with Crippen LogP contribution in [0.5, 0.6) is 0 Å². The van der Waals surface area contributed by atoms with Crippen molar-refractivity contribution >= 4 is 23.2 Å². The summed E-state index contributed by atoms with van der Waals surface area (Å²) in [7, 11) is 0. The number of hydrogen-bond donors (Lipinski definition) is 2. The Morgan fingerprint density at radius 3 is 2.22 bits per heavy atom. The zero-order valence-electron chi connectivity index (χ0n) is 16.0. The maximum absolute atomic E-state index is 12.5. The van der Waals surface area contributed by atoms with Crippen molar-refractivity contribution in [1.82, 2.24) is 4.90 Å². The van der Waals surface area contributed by atoms with Gasteiger partial charge in [0.2, 0.25) is 11.8 Å². The fraction of sp³-hybridized carbons (Fsp3) is 0.364. The summed E-state index contributed by atoms with van der Waals surface area (Å²) < 4.78 is 0. The third-order valence-electron chi connectivity index (χ3n) is 4.92. The molecule has 0 aliphatic carbocycles. The number of likely N-dealkylation sites (tertiary alicyclic amines) is 1. The van der Waals surface area contributed by atoms with Crippen molar-refractivity contribution in [3.05, 3.63) is 59.7 Å². The number of nitrogens with zero attached hydrogens (tertiary/aromatic N) is 1. The lowest BCUT2D eigenvalue weighted by Crippen LogP contribution is -2.37. The monoisotopic (exact) mass is 365 g/mol. The van der Waals surface area contributed by atoms with Gasteiger partial charge in [0.15, 0.2) is 0 Å². The zero-order chi connectivity index (χ0) is 19.2. The molecule has 5 nitrogen and oxygen atoms in total. The molecule has 1 aliphatic rings. The molecular weight excluding hydrogens is 338 g/mol. The van der Waals surface area contributed by atoms with E-state index in [4.69, 9.17) is 0 Å². The number of amides is 2. The molecule has 3 rings (SSSR count). The van der Waals surface area contributed by atoms with Crippen LogP contribution in [0.1, 0.15) is 30.9 Å². The number of benzene rings is 2. The van der Waals surface area contributed by atoms with Crippen LogP contribution in [0.3, 0.4) is 0 Å². The summed E-state index contributed by atoms with van der Waals surface area (Å²) >= 11 is 0. The number of carbonyl (C=O) groups is 2. The molecule has 0 bridgehead atoms. The molecule has 0 unspecified atom stereocenters. The molecular formula is C22H27N3O2. The molecule has 0 atom stereocenters. The van der Waals surface area contributed by atoms with Gasteiger partial charge in [-0.15, -0.1) is 0 Å². The Hall–Kier alpha value is -2.66. The molecule has 1 saturated heterocycles. The zero-order valence-corrected chi connectivity index (χ0v) is 16.0. The molecule has 27 heavy (non-hydrogen) atoms. The lowest BCUT2D eigenvalue weighted by molar-refractivity contribution is -0.121. The molecule has 2 amide bonds. The van der Waals surface area contributed by atoms with E-state index >= 15 is 0 Å². The fourth-order valence-corrected chi connectivity index (χ4v) is 3.51. The van der Waals surface area contributed by atoms with Gasteiger partial charge in [-0.1, -0.05) is 29.8 Å². The van der Waals surface area contributed by atoms with Gasteiger partial charge in [0.05, 0.1) is 0 Å². The van der Waals surface area contributed by atoms with Crippen molar-refractivity contribution in [3.8, 4) is 0 Å². The third-order valence-corrected chi connectivity index (χ3v) is 4.92. The van der Waals surface area contributed by atoms with Gasteiger partial charge in [-0.3, -0.25) is 14.5 Å². The first-order valence-corrected chi connectivity index (χ1v) is 9.46. The van der Waals surface area contributed by atoms with Gasteiger partial charge < -0.3 is 10.6 Å². The van der Waals surface area contributed by atoms with Gasteiger partial charge in [-0.2, -0.15) is 0 Å². The van der Waals surface area contributed by atoms with E-state index in [0.717, 1.165) is 43.9 Å². The van der Waals surface area contributed by atoms with E-state index in [1.54, 1.807) is 12.1 Å². The molecule has 0 radical (unpaired) electrons. The molecule has 142 valence electrons. The molecule has 1 aliphatic heterocycles. The highest BCUT2D eigenvalue weighted by molar-refractivity contribution is 5.93. The SMILES string of the molecule is CC(=O)Nc1ccc(NC(=O)C2CCN(Cc3cccc(C)c3)CC2)cc1. The number of rotatable bonds is 5. The fourth-order valence-electron chi connectivity index (χ4n) is 3.51. The van der Waals surface area contributed by atoms with Gasteiger partial charge in [-0.05, 0) is 62.7 Å². The molecule has 0 spiro atoms. The van der Waals surface area contributed by atoms with E-state index in [-0.39, 0.29) is 17.7 Å². The minimum Gasteiger partial charge on any atom is -0.326 e. The van der Waals surface area contributed by atoms with Crippen LogP contribution >= 0.6 is 0 Å². The molecule has 2 aromatic carbocycles. The van der Waals surface area contributed by atoms with Gasteiger partial charge >= 0.3 is 0 Å². The summed E-state index contributed by atoms with van der Waals surface area (Å²) in [6.45, 7) is 6.41. The molecule has 5 heteroatoms. The second kappa shape index (κ2) is 8.82. The maximum atomic E-state index is 12.5. The predicted molar refractivity (Wildman–Crippen MR) is 109 cm³/mol. The maximum Gasteiger partial charge on any atom is 0.227 e. The van der Waals surface area contributed by atoms with Crippen LogP contribution in [0.2, 0.25) is 0 Å². The Bertz CT molecular complexity index is 793. The number of carbonyl (C=O) groups excluding carboxylic acids is 2. The van der Waals surface area contributed by atoms with Gasteiger partial charge in [0.1, 0.15) is 0 Å². The number of nitrogens with one attached hydrogen (secondary N) is 2. The van der Waals surface area contributed by atoms with E-state index < -0.39 is 0 Å². The Kier molecular flexibility index (Phi) is 6.24. The molecule has 1 fully saturated rings. The lowest BCUT2D eigenvalue weighted by Gasteiger charge is -2.31. The first-order chi connectivity index (χ1) is 13.0. The smallest absolute Gasteiger partial charge is 0.227 e. The van der Waals surface area contributed by atoms with Crippen molar-refractivity contribution in [2.75, 3.05) is 23.7 Å². The Morgan fingerprint density at radius 1 is 1.00 bits per heavy atom. The summed E-state index contributed by atoms with van der Waals surface area (Å²) in [4.78, 5) is 26.0. The number of hydrogen-bond acceptors (Lipinski definition) is 3. The van der Waals surface area contributed by atoms with E-state index in [1.165, 1.54) is 18.1 Å². The molecule has 2 aromatic rings. The van der Waals surface area contributed by atoms with Crippen LogP contribution in [0.4, 0.5) is 11.4 Å². The molecule has 0 aromatic heterocycles. The van der Waals surface area contributed by atoms with E-state index in [1.807, 2.05) is 12.1 Å². The van der Waals surface area contributed by atoms with Crippen LogP contribution < -0.4 is 10.6 Å². The van der Waals surface area contributed by atoms with E-state index in [2.05, 4.69) is 46.7 Å². The quantitative estimate of drug-likeness (QED) is 0.847. The molecule has 1 heterocycles. The van der Waals surface area contributed by atoms with Crippen LogP contribution in [-0.2, 0) is 16.1 Å². The summed E-state index contributed by atoms with van der Waals surface area (Å²) in [5.74, 6) is 0.0236. The van der Waals surface area contributed by atoms with Gasteiger partial charge in [-0.25, -0.2) is 0 Å². The number of piperidine rings is 1. The first kappa shape index (κ1) is 19.1. The second-order valence-electron chi connectivity index (χ2n) is 7.29. The highest BCUT2D eigenvalue weighted by Crippen LogP contribution is 2.22. The second-order valence-corrected chi connectivity index (χ2v) is 7.29. The van der Waals surface area contributed by atoms with E-state index in [9.17, 15) is 9.59 Å². The normalized spacial score (nSPS) is 15.3. The van der Waals surface area contributed by atoms with Crippen LogP contribution in [-0.4, -0.2) is 29.8 Å². The van der Waals surface area contributed by atoms with Gasteiger partial charge in [0, 0.05) is 30.8 Å². The first-order valence-electron chi connectivity index (χ1n) is 9.46. The largest absolute Gasteiger partial charge is 0.326 e. The minimum atomic E-state index is -0.107. The summed E-state index contributed by atoms with van der Waals surface area (Å²) in [6.07, 6.45) is 1.75. The van der Waals surface area contributed by atoms with Crippen molar-refractivity contribution in [2.24, 2.45) is 5.92 Å². The van der Waals surface area contributed by atoms with Crippen molar-refractivity contribution in [3.63, 3.8) is 0 Å². The van der Waals surface area contributed by atoms with Crippen LogP contribution in [0.25, 0.3) is 0 Å². The summed E-state index contributed by atoms with van der Waals surface area (Å²) in [6, 6.07) is 15.8. The Labute approximate surface area is 160 Å². The highest BCUT2D eigenvalue weighted by Gasteiger charge is 2.25. The third kappa shape index (κ3) is 5.66. The van der Waals surface area contributed by atoms with E-state index in [0.29, 0.717) is 0 Å². The predicted octanol–water partition coefficient (Wildman–Crippen LogP) is 3.80.